The quantitative estimate of drug-likeness (QED) is 0.520. The number of carbonyl (C=O) groups is 5. The Kier molecular flexibility index (Phi) is 7.97. The first kappa shape index (κ1) is 26.4. The predicted octanol–water partition coefficient (Wildman–Crippen LogP) is 2.18. The van der Waals surface area contributed by atoms with Crippen LogP contribution < -0.4 is 10.6 Å². The van der Waals surface area contributed by atoms with E-state index in [2.05, 4.69) is 10.6 Å². The van der Waals surface area contributed by atoms with Crippen LogP contribution in [0.1, 0.15) is 67.2 Å². The van der Waals surface area contributed by atoms with Crippen LogP contribution >= 0.6 is 0 Å². The average molecular weight is 469 g/mol. The van der Waals surface area contributed by atoms with Gasteiger partial charge in [-0.25, -0.2) is 14.4 Å². The summed E-state index contributed by atoms with van der Waals surface area (Å²) in [6.07, 6.45) is 1.03. The lowest BCUT2D eigenvalue weighted by molar-refractivity contribution is -0.125. The Morgan fingerprint density at radius 1 is 0.788 bits per heavy atom. The van der Waals surface area contributed by atoms with E-state index in [1.165, 1.54) is 0 Å². The second-order valence-corrected chi connectivity index (χ2v) is 10.5. The van der Waals surface area contributed by atoms with E-state index in [4.69, 9.17) is 9.47 Å². The Hall–Kier alpha value is -2.85. The van der Waals surface area contributed by atoms with Gasteiger partial charge in [0, 0.05) is 39.0 Å². The SMILES string of the molecule is CC(C)(C)OC(=O)N1CCC(=O)CC1.CC(C)(C)OC(=O)N1CCC2(CC1)NC(=O)NC2=O. The number of hydrogen-bond acceptors (Lipinski definition) is 7. The van der Waals surface area contributed by atoms with Crippen molar-refractivity contribution < 1.29 is 33.4 Å². The summed E-state index contributed by atoms with van der Waals surface area (Å²) in [5.41, 5.74) is -1.85. The van der Waals surface area contributed by atoms with E-state index in [9.17, 15) is 24.0 Å². The van der Waals surface area contributed by atoms with E-state index in [0.29, 0.717) is 51.9 Å². The lowest BCUT2D eigenvalue weighted by atomic mass is 9.88. The summed E-state index contributed by atoms with van der Waals surface area (Å²) in [4.78, 5) is 60.4. The number of piperidine rings is 2. The van der Waals surface area contributed by atoms with Gasteiger partial charge in [-0.3, -0.25) is 14.9 Å². The van der Waals surface area contributed by atoms with Gasteiger partial charge in [0.25, 0.3) is 5.91 Å². The number of imide groups is 1. The molecule has 0 saturated carbocycles. The van der Waals surface area contributed by atoms with E-state index >= 15 is 0 Å². The van der Waals surface area contributed by atoms with Gasteiger partial charge in [0.15, 0.2) is 0 Å². The number of ether oxygens (including phenoxy) is 2. The Morgan fingerprint density at radius 3 is 1.58 bits per heavy atom. The third-order valence-corrected chi connectivity index (χ3v) is 5.26. The van der Waals surface area contributed by atoms with Gasteiger partial charge in [0.1, 0.15) is 22.5 Å². The maximum Gasteiger partial charge on any atom is 0.410 e. The molecule has 2 N–H and O–H groups in total. The van der Waals surface area contributed by atoms with Crippen molar-refractivity contribution in [3.63, 3.8) is 0 Å². The van der Waals surface area contributed by atoms with Crippen LogP contribution in [-0.2, 0) is 19.1 Å². The van der Waals surface area contributed by atoms with Crippen LogP contribution in [0.4, 0.5) is 14.4 Å². The van der Waals surface area contributed by atoms with Gasteiger partial charge in [0.05, 0.1) is 0 Å². The summed E-state index contributed by atoms with van der Waals surface area (Å²) in [6, 6.07) is -0.462. The number of hydrogen-bond donors (Lipinski definition) is 2. The summed E-state index contributed by atoms with van der Waals surface area (Å²) in [5.74, 6) is -0.0776. The van der Waals surface area contributed by atoms with Gasteiger partial charge in [-0.1, -0.05) is 0 Å². The molecule has 1 spiro atoms. The maximum absolute atomic E-state index is 11.9. The smallest absolute Gasteiger partial charge is 0.410 e. The number of rotatable bonds is 0. The van der Waals surface area contributed by atoms with Crippen molar-refractivity contribution in [2.24, 2.45) is 0 Å². The third kappa shape index (κ3) is 7.90. The van der Waals surface area contributed by atoms with Gasteiger partial charge < -0.3 is 24.6 Å². The molecule has 0 aliphatic carbocycles. The molecule has 0 aromatic rings. The summed E-state index contributed by atoms with van der Waals surface area (Å²) in [6.45, 7) is 12.7. The molecule has 0 atom stereocenters. The molecule has 11 heteroatoms. The predicted molar refractivity (Wildman–Crippen MR) is 118 cm³/mol. The molecule has 33 heavy (non-hydrogen) atoms. The lowest BCUT2D eigenvalue weighted by Crippen LogP contribution is -2.56. The third-order valence-electron chi connectivity index (χ3n) is 5.26. The molecule has 0 unspecified atom stereocenters. The molecule has 0 aromatic heterocycles. The normalized spacial score (nSPS) is 20.5. The first-order valence-corrected chi connectivity index (χ1v) is 11.2. The van der Waals surface area contributed by atoms with E-state index in [0.717, 1.165) is 0 Å². The molecule has 0 radical (unpaired) electrons. The highest BCUT2D eigenvalue weighted by atomic mass is 16.6. The fourth-order valence-corrected chi connectivity index (χ4v) is 3.54. The molecule has 3 heterocycles. The number of nitrogens with zero attached hydrogens (tertiary/aromatic N) is 2. The Morgan fingerprint density at radius 2 is 1.21 bits per heavy atom. The number of nitrogens with one attached hydrogen (secondary N) is 2. The topological polar surface area (TPSA) is 134 Å². The number of Topliss-reactive ketones (excluding diaryl/α,β-unsaturated/α-hetero) is 1. The zero-order chi connectivity index (χ0) is 25.0. The second kappa shape index (κ2) is 9.96. The molecule has 11 nitrogen and oxygen atoms in total. The molecular weight excluding hydrogens is 432 g/mol. The molecule has 0 bridgehead atoms. The first-order chi connectivity index (χ1) is 15.1. The van der Waals surface area contributed by atoms with Gasteiger partial charge >= 0.3 is 18.2 Å². The van der Waals surface area contributed by atoms with E-state index in [1.54, 1.807) is 30.6 Å². The number of carbonyl (C=O) groups excluding carboxylic acids is 5. The average Bonchev–Trinajstić information content (AvgIpc) is 2.93. The highest BCUT2D eigenvalue weighted by molar-refractivity contribution is 6.07. The molecule has 3 fully saturated rings. The van der Waals surface area contributed by atoms with Gasteiger partial charge in [0.2, 0.25) is 0 Å². The molecule has 5 amide bonds. The number of likely N-dealkylation sites (tertiary alicyclic amines) is 2. The van der Waals surface area contributed by atoms with Crippen molar-refractivity contribution in [3.05, 3.63) is 0 Å². The molecule has 186 valence electrons. The lowest BCUT2D eigenvalue weighted by Gasteiger charge is -2.37. The van der Waals surface area contributed by atoms with Gasteiger partial charge in [-0.15, -0.1) is 0 Å². The Bertz CT molecular complexity index is 780. The first-order valence-electron chi connectivity index (χ1n) is 11.2. The summed E-state index contributed by atoms with van der Waals surface area (Å²) < 4.78 is 10.5. The van der Waals surface area contributed by atoms with Crippen LogP contribution in [0.5, 0.6) is 0 Å². The van der Waals surface area contributed by atoms with Crippen molar-refractivity contribution in [2.75, 3.05) is 26.2 Å². The van der Waals surface area contributed by atoms with Crippen molar-refractivity contribution in [1.29, 1.82) is 0 Å². The van der Waals surface area contributed by atoms with Crippen molar-refractivity contribution >= 4 is 29.9 Å². The largest absolute Gasteiger partial charge is 0.444 e. The molecule has 3 saturated heterocycles. The van der Waals surface area contributed by atoms with E-state index in [1.807, 2.05) is 20.8 Å². The van der Waals surface area contributed by atoms with Gasteiger partial charge in [-0.2, -0.15) is 0 Å². The van der Waals surface area contributed by atoms with Gasteiger partial charge in [-0.05, 0) is 54.4 Å². The van der Waals surface area contributed by atoms with E-state index in [-0.39, 0.29) is 23.9 Å². The van der Waals surface area contributed by atoms with Crippen molar-refractivity contribution in [1.82, 2.24) is 20.4 Å². The number of amides is 5. The summed E-state index contributed by atoms with van der Waals surface area (Å²) >= 11 is 0. The highest BCUT2D eigenvalue weighted by Gasteiger charge is 2.48. The monoisotopic (exact) mass is 468 g/mol. The molecule has 3 aliphatic rings. The van der Waals surface area contributed by atoms with Crippen LogP contribution in [0.15, 0.2) is 0 Å². The minimum Gasteiger partial charge on any atom is -0.444 e. The standard InChI is InChI=1S/C12H19N3O4.C10H17NO3/c1-11(2,3)19-10(18)15-6-4-12(5-7-15)8(16)13-9(17)14-12;1-10(2,3)14-9(13)11-6-4-8(12)5-7-11/h4-7H2,1-3H3,(H2,13,14,16,17);4-7H2,1-3H3. The summed E-state index contributed by atoms with van der Waals surface area (Å²) in [5, 5.41) is 4.88. The number of ketones is 1. The van der Waals surface area contributed by atoms with Crippen LogP contribution in [0.3, 0.4) is 0 Å². The molecular formula is C22H36N4O7. The Balaban J connectivity index is 0.000000245. The minimum absolute atomic E-state index is 0.227. The molecule has 0 aromatic carbocycles. The highest BCUT2D eigenvalue weighted by Crippen LogP contribution is 2.26. The Labute approximate surface area is 194 Å². The van der Waals surface area contributed by atoms with E-state index < -0.39 is 22.8 Å². The summed E-state index contributed by atoms with van der Waals surface area (Å²) in [7, 11) is 0. The zero-order valence-corrected chi connectivity index (χ0v) is 20.4. The fraction of sp³-hybridized carbons (Fsp3) is 0.773. The minimum atomic E-state index is -0.852. The van der Waals surface area contributed by atoms with Crippen LogP contribution in [0.25, 0.3) is 0 Å². The number of urea groups is 1. The maximum atomic E-state index is 11.9. The molecule has 3 rings (SSSR count). The van der Waals surface area contributed by atoms with Crippen LogP contribution in [-0.4, -0.2) is 82.6 Å². The van der Waals surface area contributed by atoms with Crippen LogP contribution in [0.2, 0.25) is 0 Å². The zero-order valence-electron chi connectivity index (χ0n) is 20.4. The fourth-order valence-electron chi connectivity index (χ4n) is 3.54. The van der Waals surface area contributed by atoms with Crippen LogP contribution in [0, 0.1) is 0 Å². The van der Waals surface area contributed by atoms with Crippen molar-refractivity contribution in [3.8, 4) is 0 Å². The van der Waals surface area contributed by atoms with Crippen molar-refractivity contribution in [2.45, 2.75) is 84.0 Å². The molecule has 3 aliphatic heterocycles. The second-order valence-electron chi connectivity index (χ2n) is 10.5.